The molecule has 0 spiro atoms. The lowest BCUT2D eigenvalue weighted by Gasteiger charge is -1.96. The van der Waals surface area contributed by atoms with Crippen molar-refractivity contribution in [3.63, 3.8) is 0 Å². The average molecular weight is 198 g/mol. The molecule has 0 bridgehead atoms. The van der Waals surface area contributed by atoms with Gasteiger partial charge in [-0.15, -0.1) is 21.5 Å². The second-order valence-corrected chi connectivity index (χ2v) is 4.65. The highest BCUT2D eigenvalue weighted by Gasteiger charge is 1.99. The summed E-state index contributed by atoms with van der Waals surface area (Å²) in [5, 5.41) is 10.4. The molecule has 0 aliphatic carbocycles. The van der Waals surface area contributed by atoms with Gasteiger partial charge in [0, 0.05) is 6.42 Å². The lowest BCUT2D eigenvalue weighted by atomic mass is 10.1. The third kappa shape index (κ3) is 4.36. The van der Waals surface area contributed by atoms with E-state index in [1.54, 1.807) is 11.3 Å². The fourth-order valence-corrected chi connectivity index (χ4v) is 2.07. The van der Waals surface area contributed by atoms with E-state index < -0.39 is 0 Å². The number of hydrogen-bond acceptors (Lipinski definition) is 3. The summed E-state index contributed by atoms with van der Waals surface area (Å²) in [6, 6.07) is 0. The van der Waals surface area contributed by atoms with Gasteiger partial charge >= 0.3 is 0 Å². The van der Waals surface area contributed by atoms with Gasteiger partial charge in [0.1, 0.15) is 10.0 Å². The fraction of sp³-hybridized carbons (Fsp3) is 0.800. The Morgan fingerprint density at radius 2 is 1.85 bits per heavy atom. The second kappa shape index (κ2) is 6.08. The van der Waals surface area contributed by atoms with Gasteiger partial charge in [-0.25, -0.2) is 0 Å². The third-order valence-electron chi connectivity index (χ3n) is 2.06. The predicted octanol–water partition coefficient (Wildman–Crippen LogP) is 3.36. The monoisotopic (exact) mass is 198 g/mol. The molecule has 1 aromatic heterocycles. The Morgan fingerprint density at radius 1 is 1.08 bits per heavy atom. The molecule has 0 N–H and O–H groups in total. The van der Waals surface area contributed by atoms with Crippen LogP contribution in [0.1, 0.15) is 49.0 Å². The van der Waals surface area contributed by atoms with E-state index in [9.17, 15) is 0 Å². The predicted molar refractivity (Wildman–Crippen MR) is 57.1 cm³/mol. The number of unbranched alkanes of at least 4 members (excludes halogenated alkanes) is 4. The Kier molecular flexibility index (Phi) is 4.98. The third-order valence-corrected chi connectivity index (χ3v) is 2.96. The van der Waals surface area contributed by atoms with E-state index in [0.717, 1.165) is 11.4 Å². The van der Waals surface area contributed by atoms with Gasteiger partial charge in [0.25, 0.3) is 0 Å². The Labute approximate surface area is 84.4 Å². The van der Waals surface area contributed by atoms with E-state index in [4.69, 9.17) is 0 Å². The molecule has 0 fully saturated rings. The second-order valence-electron chi connectivity index (χ2n) is 3.38. The average Bonchev–Trinajstić information content (AvgIpc) is 2.51. The van der Waals surface area contributed by atoms with Gasteiger partial charge in [0.05, 0.1) is 0 Å². The number of aromatic nitrogens is 2. The largest absolute Gasteiger partial charge is 0.144 e. The molecule has 0 amide bonds. The van der Waals surface area contributed by atoms with Crippen LogP contribution in [0.15, 0.2) is 0 Å². The van der Waals surface area contributed by atoms with Gasteiger partial charge in [0.2, 0.25) is 0 Å². The summed E-state index contributed by atoms with van der Waals surface area (Å²) in [6.45, 7) is 4.26. The highest BCUT2D eigenvalue weighted by molar-refractivity contribution is 7.11. The molecule has 0 aromatic carbocycles. The lowest BCUT2D eigenvalue weighted by Crippen LogP contribution is -1.84. The molecule has 0 unspecified atom stereocenters. The minimum atomic E-state index is 1.09. The first-order chi connectivity index (χ1) is 6.33. The van der Waals surface area contributed by atoms with Crippen LogP contribution < -0.4 is 0 Å². The minimum absolute atomic E-state index is 1.09. The van der Waals surface area contributed by atoms with Crippen LogP contribution >= 0.6 is 11.3 Å². The van der Waals surface area contributed by atoms with Gasteiger partial charge in [-0.3, -0.25) is 0 Å². The molecule has 13 heavy (non-hydrogen) atoms. The molecule has 74 valence electrons. The Balaban J connectivity index is 2.06. The van der Waals surface area contributed by atoms with Crippen molar-refractivity contribution in [3.05, 3.63) is 10.0 Å². The molecule has 3 heteroatoms. The topological polar surface area (TPSA) is 25.8 Å². The Hall–Kier alpha value is -0.440. The molecule has 1 heterocycles. The molecule has 0 radical (unpaired) electrons. The molecular weight excluding hydrogens is 180 g/mol. The first-order valence-corrected chi connectivity index (χ1v) is 5.93. The summed E-state index contributed by atoms with van der Waals surface area (Å²) < 4.78 is 0. The molecule has 0 aliphatic heterocycles. The summed E-state index contributed by atoms with van der Waals surface area (Å²) in [5.74, 6) is 0. The minimum Gasteiger partial charge on any atom is -0.144 e. The molecule has 0 saturated heterocycles. The van der Waals surface area contributed by atoms with Gasteiger partial charge in [-0.2, -0.15) is 0 Å². The summed E-state index contributed by atoms with van der Waals surface area (Å²) in [7, 11) is 0. The zero-order valence-corrected chi connectivity index (χ0v) is 9.36. The summed E-state index contributed by atoms with van der Waals surface area (Å²) in [4.78, 5) is 0. The molecule has 1 rings (SSSR count). The Morgan fingerprint density at radius 3 is 2.46 bits per heavy atom. The van der Waals surface area contributed by atoms with Crippen LogP contribution in [0.2, 0.25) is 0 Å². The number of hydrogen-bond donors (Lipinski definition) is 0. The van der Waals surface area contributed by atoms with E-state index in [0.29, 0.717) is 0 Å². The zero-order chi connectivity index (χ0) is 9.52. The van der Waals surface area contributed by atoms with Crippen molar-refractivity contribution in [2.75, 3.05) is 0 Å². The maximum Gasteiger partial charge on any atom is 0.117 e. The SMILES string of the molecule is CCCCCCCc1nnc(C)s1. The smallest absolute Gasteiger partial charge is 0.117 e. The van der Waals surface area contributed by atoms with E-state index in [2.05, 4.69) is 17.1 Å². The maximum absolute atomic E-state index is 4.10. The van der Waals surface area contributed by atoms with Crippen LogP contribution in [0.5, 0.6) is 0 Å². The normalized spacial score (nSPS) is 10.6. The van der Waals surface area contributed by atoms with E-state index in [1.165, 1.54) is 37.1 Å². The number of nitrogens with zero attached hydrogens (tertiary/aromatic N) is 2. The molecular formula is C10H18N2S. The van der Waals surface area contributed by atoms with Crippen molar-refractivity contribution in [1.82, 2.24) is 10.2 Å². The van der Waals surface area contributed by atoms with Gasteiger partial charge in [-0.05, 0) is 13.3 Å². The number of aryl methyl sites for hydroxylation is 2. The van der Waals surface area contributed by atoms with Gasteiger partial charge < -0.3 is 0 Å². The van der Waals surface area contributed by atoms with Crippen molar-refractivity contribution in [2.24, 2.45) is 0 Å². The highest BCUT2D eigenvalue weighted by Crippen LogP contribution is 2.12. The van der Waals surface area contributed by atoms with Crippen molar-refractivity contribution < 1.29 is 0 Å². The van der Waals surface area contributed by atoms with Crippen molar-refractivity contribution in [2.45, 2.75) is 52.4 Å². The van der Waals surface area contributed by atoms with Crippen LogP contribution in [-0.2, 0) is 6.42 Å². The van der Waals surface area contributed by atoms with E-state index >= 15 is 0 Å². The molecule has 0 saturated carbocycles. The molecule has 0 aliphatic rings. The van der Waals surface area contributed by atoms with Crippen molar-refractivity contribution in [1.29, 1.82) is 0 Å². The molecule has 0 atom stereocenters. The molecule has 1 aromatic rings. The van der Waals surface area contributed by atoms with E-state index in [1.807, 2.05) is 6.92 Å². The quantitative estimate of drug-likeness (QED) is 0.655. The molecule has 2 nitrogen and oxygen atoms in total. The van der Waals surface area contributed by atoms with Crippen molar-refractivity contribution in [3.8, 4) is 0 Å². The van der Waals surface area contributed by atoms with Crippen LogP contribution in [0.25, 0.3) is 0 Å². The fourth-order valence-electron chi connectivity index (χ4n) is 1.32. The van der Waals surface area contributed by atoms with E-state index in [-0.39, 0.29) is 0 Å². The van der Waals surface area contributed by atoms with Crippen LogP contribution in [-0.4, -0.2) is 10.2 Å². The Bertz CT molecular complexity index is 233. The zero-order valence-electron chi connectivity index (χ0n) is 8.55. The lowest BCUT2D eigenvalue weighted by molar-refractivity contribution is 0.629. The number of rotatable bonds is 6. The summed E-state index contributed by atoms with van der Waals surface area (Å²) in [5.41, 5.74) is 0. The van der Waals surface area contributed by atoms with Crippen LogP contribution in [0.4, 0.5) is 0 Å². The van der Waals surface area contributed by atoms with Gasteiger partial charge in [0.15, 0.2) is 0 Å². The van der Waals surface area contributed by atoms with Crippen LogP contribution in [0.3, 0.4) is 0 Å². The maximum atomic E-state index is 4.10. The standard InChI is InChI=1S/C10H18N2S/c1-3-4-5-6-7-8-10-12-11-9(2)13-10/h3-8H2,1-2H3. The first-order valence-electron chi connectivity index (χ1n) is 5.12. The highest BCUT2D eigenvalue weighted by atomic mass is 32.1. The van der Waals surface area contributed by atoms with Crippen molar-refractivity contribution >= 4 is 11.3 Å². The summed E-state index contributed by atoms with van der Waals surface area (Å²) >= 11 is 1.73. The van der Waals surface area contributed by atoms with Crippen LogP contribution in [0, 0.1) is 6.92 Å². The first kappa shape index (κ1) is 10.6. The summed E-state index contributed by atoms with van der Waals surface area (Å²) in [6.07, 6.45) is 7.79. The van der Waals surface area contributed by atoms with Gasteiger partial charge in [-0.1, -0.05) is 32.6 Å².